The fourth-order valence-corrected chi connectivity index (χ4v) is 1.76. The van der Waals surface area contributed by atoms with E-state index in [9.17, 15) is 14.4 Å². The third kappa shape index (κ3) is 5.57. The molecule has 8 heteroatoms. The largest absolute Gasteiger partial charge is 0.481 e. The number of amides is 1. The van der Waals surface area contributed by atoms with E-state index in [0.29, 0.717) is 11.4 Å². The molecule has 7 nitrogen and oxygen atoms in total. The molecule has 0 saturated heterocycles. The number of nitrogens with one attached hydrogen (secondary N) is 1. The molecule has 1 rings (SSSR count). The van der Waals surface area contributed by atoms with Crippen molar-refractivity contribution in [3.8, 4) is 0 Å². The Labute approximate surface area is 125 Å². The van der Waals surface area contributed by atoms with Gasteiger partial charge in [-0.05, 0) is 17.7 Å². The average Bonchev–Trinajstić information content (AvgIpc) is 2.37. The van der Waals surface area contributed by atoms with E-state index in [1.165, 1.54) is 12.1 Å². The summed E-state index contributed by atoms with van der Waals surface area (Å²) in [7, 11) is 0. The molecule has 1 aromatic rings. The van der Waals surface area contributed by atoms with E-state index in [4.69, 9.17) is 28.2 Å². The number of hydrogen-bond acceptors (Lipinski definition) is 4. The van der Waals surface area contributed by atoms with Crippen molar-refractivity contribution in [2.24, 2.45) is 5.73 Å². The lowest BCUT2D eigenvalue weighted by Gasteiger charge is -2.12. The van der Waals surface area contributed by atoms with Crippen LogP contribution in [0.25, 0.3) is 0 Å². The maximum Gasteiger partial charge on any atom is 0.326 e. The van der Waals surface area contributed by atoms with Crippen LogP contribution in [0.4, 0.5) is 0 Å². The van der Waals surface area contributed by atoms with E-state index in [1.807, 2.05) is 0 Å². The van der Waals surface area contributed by atoms with Gasteiger partial charge >= 0.3 is 11.9 Å². The summed E-state index contributed by atoms with van der Waals surface area (Å²) in [5.41, 5.74) is 6.44. The zero-order chi connectivity index (χ0) is 16.0. The number of benzene rings is 1. The molecule has 5 N–H and O–H groups in total. The molecule has 0 aromatic heterocycles. The summed E-state index contributed by atoms with van der Waals surface area (Å²) in [6, 6.07) is 4.78. The minimum atomic E-state index is -1.48. The molecule has 0 bridgehead atoms. The Morgan fingerprint density at radius 3 is 2.19 bits per heavy atom. The summed E-state index contributed by atoms with van der Waals surface area (Å²) < 4.78 is 0. The van der Waals surface area contributed by atoms with Gasteiger partial charge < -0.3 is 21.3 Å². The second-order valence-electron chi connectivity index (χ2n) is 4.30. The molecule has 0 radical (unpaired) electrons. The quantitative estimate of drug-likeness (QED) is 0.528. The number of carbonyl (C=O) groups is 3. The van der Waals surface area contributed by atoms with E-state index in [2.05, 4.69) is 5.32 Å². The van der Waals surface area contributed by atoms with Gasteiger partial charge in [-0.15, -0.1) is 0 Å². The Hall–Kier alpha value is -2.48. The first kappa shape index (κ1) is 16.6. The number of hydrogen-bond donors (Lipinski definition) is 4. The molecule has 112 valence electrons. The van der Waals surface area contributed by atoms with Gasteiger partial charge in [0, 0.05) is 12.0 Å². The van der Waals surface area contributed by atoms with E-state index >= 15 is 0 Å². The van der Waals surface area contributed by atoms with Crippen LogP contribution in [0.15, 0.2) is 24.3 Å². The van der Waals surface area contributed by atoms with Crippen LogP contribution in [-0.2, 0) is 16.0 Å². The van der Waals surface area contributed by atoms with Crippen LogP contribution in [0.1, 0.15) is 22.3 Å². The highest BCUT2D eigenvalue weighted by Crippen LogP contribution is 2.06. The summed E-state index contributed by atoms with van der Waals surface area (Å²) in [6.45, 7) is 0. The van der Waals surface area contributed by atoms with Crippen LogP contribution < -0.4 is 11.1 Å². The Morgan fingerprint density at radius 2 is 1.76 bits per heavy atom. The number of carboxylic acids is 2. The first-order chi connectivity index (χ1) is 9.79. The number of nitrogens with two attached hydrogens (primary N) is 1. The Kier molecular flexibility index (Phi) is 5.79. The monoisotopic (exact) mass is 310 g/mol. The van der Waals surface area contributed by atoms with Gasteiger partial charge in [0.05, 0.1) is 11.4 Å². The van der Waals surface area contributed by atoms with Crippen molar-refractivity contribution in [2.45, 2.75) is 18.9 Å². The average molecular weight is 310 g/mol. The van der Waals surface area contributed by atoms with Crippen molar-refractivity contribution in [1.82, 2.24) is 5.32 Å². The maximum absolute atomic E-state index is 11.9. The highest BCUT2D eigenvalue weighted by atomic mass is 32.1. The predicted octanol–water partition coefficient (Wildman–Crippen LogP) is 0.173. The lowest BCUT2D eigenvalue weighted by atomic mass is 10.1. The van der Waals surface area contributed by atoms with E-state index in [1.54, 1.807) is 12.1 Å². The molecule has 1 unspecified atom stereocenters. The topological polar surface area (TPSA) is 130 Å². The molecule has 0 aliphatic heterocycles. The van der Waals surface area contributed by atoms with Gasteiger partial charge in [0.1, 0.15) is 6.04 Å². The molecule has 0 fully saturated rings. The van der Waals surface area contributed by atoms with Crippen molar-refractivity contribution in [3.05, 3.63) is 35.4 Å². The first-order valence-electron chi connectivity index (χ1n) is 5.92. The van der Waals surface area contributed by atoms with Crippen LogP contribution in [0.5, 0.6) is 0 Å². The van der Waals surface area contributed by atoms with Gasteiger partial charge in [-0.3, -0.25) is 9.59 Å². The van der Waals surface area contributed by atoms with Crippen molar-refractivity contribution < 1.29 is 24.6 Å². The van der Waals surface area contributed by atoms with Gasteiger partial charge in [0.2, 0.25) is 0 Å². The maximum atomic E-state index is 11.9. The van der Waals surface area contributed by atoms with E-state index in [-0.39, 0.29) is 5.56 Å². The number of carbonyl (C=O) groups excluding carboxylic acids is 1. The number of aliphatic carboxylic acids is 2. The molecular weight excluding hydrogens is 296 g/mol. The third-order valence-electron chi connectivity index (χ3n) is 2.58. The summed E-state index contributed by atoms with van der Waals surface area (Å²) >= 11 is 4.77. The Morgan fingerprint density at radius 1 is 1.19 bits per heavy atom. The van der Waals surface area contributed by atoms with Crippen molar-refractivity contribution >= 4 is 35.1 Å². The van der Waals surface area contributed by atoms with Crippen LogP contribution in [0.2, 0.25) is 0 Å². The molecular formula is C13H14N2O5S. The molecule has 1 atom stereocenters. The standard InChI is InChI=1S/C13H14N2O5S/c14-10(21)5-7-1-3-8(4-2-7)12(18)15-9(13(19)20)6-11(16)17/h1-4,9H,5-6H2,(H2,14,21)(H,15,18)(H,16,17)(H,19,20). The van der Waals surface area contributed by atoms with Gasteiger partial charge in [-0.25, -0.2) is 4.79 Å². The third-order valence-corrected chi connectivity index (χ3v) is 2.72. The molecule has 0 saturated carbocycles. The molecule has 1 amide bonds. The van der Waals surface area contributed by atoms with Gasteiger partial charge in [0.25, 0.3) is 5.91 Å². The van der Waals surface area contributed by atoms with Crippen molar-refractivity contribution in [2.75, 3.05) is 0 Å². The Bertz CT molecular complexity index is 570. The SMILES string of the molecule is NC(=S)Cc1ccc(C(=O)NC(CC(=O)O)C(=O)O)cc1. The highest BCUT2D eigenvalue weighted by molar-refractivity contribution is 7.80. The van der Waals surface area contributed by atoms with Crippen LogP contribution in [0, 0.1) is 0 Å². The number of thiocarbonyl (C=S) groups is 1. The number of carboxylic acid groups (broad SMARTS) is 2. The minimum Gasteiger partial charge on any atom is -0.481 e. The summed E-state index contributed by atoms with van der Waals surface area (Å²) in [5.74, 6) is -3.38. The van der Waals surface area contributed by atoms with E-state index < -0.39 is 30.3 Å². The molecule has 1 aromatic carbocycles. The second-order valence-corrected chi connectivity index (χ2v) is 4.83. The summed E-state index contributed by atoms with van der Waals surface area (Å²) in [6.07, 6.45) is -0.297. The van der Waals surface area contributed by atoms with Crippen molar-refractivity contribution in [1.29, 1.82) is 0 Å². The zero-order valence-electron chi connectivity index (χ0n) is 10.9. The lowest BCUT2D eigenvalue weighted by Crippen LogP contribution is -2.42. The number of rotatable bonds is 7. The normalized spacial score (nSPS) is 11.4. The Balaban J connectivity index is 2.76. The van der Waals surface area contributed by atoms with Gasteiger partial charge in [0.15, 0.2) is 0 Å². The minimum absolute atomic E-state index is 0.221. The molecule has 0 aliphatic rings. The van der Waals surface area contributed by atoms with Crippen molar-refractivity contribution in [3.63, 3.8) is 0 Å². The van der Waals surface area contributed by atoms with Crippen LogP contribution >= 0.6 is 12.2 Å². The molecule has 0 heterocycles. The molecule has 0 aliphatic carbocycles. The summed E-state index contributed by atoms with van der Waals surface area (Å²) in [5, 5.41) is 19.6. The van der Waals surface area contributed by atoms with E-state index in [0.717, 1.165) is 5.56 Å². The molecule has 21 heavy (non-hydrogen) atoms. The van der Waals surface area contributed by atoms with Gasteiger partial charge in [-0.1, -0.05) is 24.4 Å². The fourth-order valence-electron chi connectivity index (χ4n) is 1.59. The zero-order valence-corrected chi connectivity index (χ0v) is 11.7. The first-order valence-corrected chi connectivity index (χ1v) is 6.33. The van der Waals surface area contributed by atoms with Crippen LogP contribution in [-0.4, -0.2) is 39.1 Å². The second kappa shape index (κ2) is 7.34. The highest BCUT2D eigenvalue weighted by Gasteiger charge is 2.23. The fraction of sp³-hybridized carbons (Fsp3) is 0.231. The van der Waals surface area contributed by atoms with Gasteiger partial charge in [-0.2, -0.15) is 0 Å². The molecule has 0 spiro atoms. The predicted molar refractivity (Wildman–Crippen MR) is 78.1 cm³/mol. The smallest absolute Gasteiger partial charge is 0.326 e. The summed E-state index contributed by atoms with van der Waals surface area (Å²) in [4.78, 5) is 33.6. The van der Waals surface area contributed by atoms with Crippen LogP contribution in [0.3, 0.4) is 0 Å². The lowest BCUT2D eigenvalue weighted by molar-refractivity contribution is -0.145.